The lowest BCUT2D eigenvalue weighted by atomic mass is 10.1. The van der Waals surface area contributed by atoms with Gasteiger partial charge in [0, 0.05) is 11.5 Å². The molecule has 0 saturated carbocycles. The zero-order valence-electron chi connectivity index (χ0n) is 12.9. The quantitative estimate of drug-likeness (QED) is 0.328. The van der Waals surface area contributed by atoms with Gasteiger partial charge in [0.2, 0.25) is 0 Å². The van der Waals surface area contributed by atoms with E-state index in [-0.39, 0.29) is 0 Å². The van der Waals surface area contributed by atoms with Crippen LogP contribution in [0.3, 0.4) is 0 Å². The van der Waals surface area contributed by atoms with Crippen LogP contribution in [0, 0.1) is 0 Å². The fourth-order valence-corrected chi connectivity index (χ4v) is 2.36. The molecule has 0 aliphatic rings. The van der Waals surface area contributed by atoms with Crippen LogP contribution < -0.4 is 16.3 Å². The van der Waals surface area contributed by atoms with E-state index < -0.39 is 5.91 Å². The van der Waals surface area contributed by atoms with Crippen LogP contribution in [0.1, 0.15) is 5.56 Å². The van der Waals surface area contributed by atoms with Crippen LogP contribution in [-0.2, 0) is 4.79 Å². The molecule has 0 unspecified atom stereocenters. The van der Waals surface area contributed by atoms with Gasteiger partial charge in [-0.05, 0) is 35.2 Å². The minimum atomic E-state index is -0.560. The number of carbonyl (C=O) groups is 1. The molecule has 24 heavy (non-hydrogen) atoms. The number of hydrazine groups is 1. The summed E-state index contributed by atoms with van der Waals surface area (Å²) >= 11 is 0. The van der Waals surface area contributed by atoms with Crippen molar-refractivity contribution in [2.24, 2.45) is 0 Å². The van der Waals surface area contributed by atoms with E-state index in [1.54, 1.807) is 11.6 Å². The summed E-state index contributed by atoms with van der Waals surface area (Å²) < 4.78 is 0. The third-order valence-electron chi connectivity index (χ3n) is 3.58. The van der Waals surface area contributed by atoms with Gasteiger partial charge in [-0.15, -0.1) is 0 Å². The van der Waals surface area contributed by atoms with Gasteiger partial charge in [-0.3, -0.25) is 10.0 Å². The zero-order valence-corrected chi connectivity index (χ0v) is 12.9. The Morgan fingerprint density at radius 2 is 1.62 bits per heavy atom. The molecular weight excluding hydrogens is 302 g/mol. The lowest BCUT2D eigenvalue weighted by molar-refractivity contribution is -0.124. The minimum absolute atomic E-state index is 0.560. The first kappa shape index (κ1) is 15.6. The normalized spacial score (nSPS) is 10.7. The molecule has 0 spiro atoms. The van der Waals surface area contributed by atoms with E-state index >= 15 is 0 Å². The first-order valence-corrected chi connectivity index (χ1v) is 7.48. The van der Waals surface area contributed by atoms with E-state index in [0.717, 1.165) is 22.3 Å². The van der Waals surface area contributed by atoms with E-state index in [1.807, 2.05) is 48.5 Å². The van der Waals surface area contributed by atoms with Crippen LogP contribution >= 0.6 is 0 Å². The van der Waals surface area contributed by atoms with Crippen molar-refractivity contribution in [2.45, 2.75) is 0 Å². The summed E-state index contributed by atoms with van der Waals surface area (Å²) in [6.45, 7) is 0. The molecule has 1 amide bonds. The molecule has 0 saturated heterocycles. The molecule has 0 bridgehead atoms. The highest BCUT2D eigenvalue weighted by Crippen LogP contribution is 2.23. The van der Waals surface area contributed by atoms with Crippen molar-refractivity contribution >= 4 is 34.1 Å². The Hall–Kier alpha value is -3.31. The van der Waals surface area contributed by atoms with Crippen molar-refractivity contribution in [1.29, 1.82) is 0 Å². The Balaban J connectivity index is 1.68. The van der Waals surface area contributed by atoms with Gasteiger partial charge in [-0.2, -0.15) is 0 Å². The number of benzene rings is 3. The average molecular weight is 319 g/mol. The Bertz CT molecular complexity index is 868. The predicted molar refractivity (Wildman–Crippen MR) is 96.6 cm³/mol. The summed E-state index contributed by atoms with van der Waals surface area (Å²) in [7, 11) is 0. The summed E-state index contributed by atoms with van der Waals surface area (Å²) in [5.74, 6) is -0.560. The summed E-state index contributed by atoms with van der Waals surface area (Å²) in [4.78, 5) is 10.9. The van der Waals surface area contributed by atoms with Crippen molar-refractivity contribution in [1.82, 2.24) is 5.48 Å². The van der Waals surface area contributed by atoms with Gasteiger partial charge in [0.15, 0.2) is 0 Å². The first-order valence-electron chi connectivity index (χ1n) is 7.48. The number of hydroxylamine groups is 1. The Labute approximate surface area is 139 Å². The summed E-state index contributed by atoms with van der Waals surface area (Å²) in [5, 5.41) is 10.8. The number of rotatable bonds is 5. The Morgan fingerprint density at radius 1 is 0.875 bits per heavy atom. The molecular formula is C19H17N3O2. The first-order chi connectivity index (χ1) is 11.8. The van der Waals surface area contributed by atoms with Gasteiger partial charge >= 0.3 is 0 Å². The van der Waals surface area contributed by atoms with Crippen LogP contribution in [0.15, 0.2) is 72.8 Å². The highest BCUT2D eigenvalue weighted by molar-refractivity contribution is 5.94. The van der Waals surface area contributed by atoms with E-state index in [1.165, 1.54) is 11.5 Å². The molecule has 3 rings (SSSR count). The molecule has 0 aliphatic carbocycles. The van der Waals surface area contributed by atoms with Crippen LogP contribution in [-0.4, -0.2) is 11.1 Å². The maximum absolute atomic E-state index is 10.9. The molecule has 3 aromatic carbocycles. The number of nitrogens with one attached hydrogen (secondary N) is 3. The lowest BCUT2D eigenvalue weighted by Gasteiger charge is -2.12. The van der Waals surface area contributed by atoms with Crippen molar-refractivity contribution in [3.05, 3.63) is 78.4 Å². The molecule has 5 heteroatoms. The highest BCUT2D eigenvalue weighted by atomic mass is 16.5. The Kier molecular flexibility index (Phi) is 4.74. The second-order valence-electron chi connectivity index (χ2n) is 5.21. The number of hydrogen-bond donors (Lipinski definition) is 4. The second-order valence-corrected chi connectivity index (χ2v) is 5.21. The molecule has 5 nitrogen and oxygen atoms in total. The van der Waals surface area contributed by atoms with Crippen LogP contribution in [0.4, 0.5) is 11.4 Å². The molecule has 0 aromatic heterocycles. The number of fused-ring (bicyclic) bond motifs is 1. The second kappa shape index (κ2) is 7.30. The SMILES string of the molecule is O=C(/C=C/c1ccc(NNc2cccc3ccccc23)cc1)NO. The molecule has 120 valence electrons. The standard InChI is InChI=1S/C19H17N3O2/c23-19(22-24)13-10-14-8-11-16(12-9-14)20-21-18-7-3-5-15-4-1-2-6-17(15)18/h1-13,20-21,24H,(H,22,23)/b13-10+. The predicted octanol–water partition coefficient (Wildman–Crippen LogP) is 3.80. The van der Waals surface area contributed by atoms with E-state index in [2.05, 4.69) is 29.1 Å². The van der Waals surface area contributed by atoms with Gasteiger partial charge in [0.25, 0.3) is 5.91 Å². The van der Waals surface area contributed by atoms with Gasteiger partial charge in [0.1, 0.15) is 0 Å². The molecule has 0 fully saturated rings. The summed E-state index contributed by atoms with van der Waals surface area (Å²) in [5.41, 5.74) is 10.7. The monoisotopic (exact) mass is 319 g/mol. The van der Waals surface area contributed by atoms with Crippen molar-refractivity contribution in [2.75, 3.05) is 10.9 Å². The molecule has 3 aromatic rings. The van der Waals surface area contributed by atoms with Gasteiger partial charge in [-0.25, -0.2) is 5.48 Å². The summed E-state index contributed by atoms with van der Waals surface area (Å²) in [6.07, 6.45) is 2.88. The highest BCUT2D eigenvalue weighted by Gasteiger charge is 1.99. The number of hydrogen-bond acceptors (Lipinski definition) is 4. The fourth-order valence-electron chi connectivity index (χ4n) is 2.36. The smallest absolute Gasteiger partial charge is 0.267 e. The van der Waals surface area contributed by atoms with E-state index in [9.17, 15) is 4.79 Å². The summed E-state index contributed by atoms with van der Waals surface area (Å²) in [6, 6.07) is 21.8. The lowest BCUT2D eigenvalue weighted by Crippen LogP contribution is -2.14. The van der Waals surface area contributed by atoms with Gasteiger partial charge in [-0.1, -0.05) is 48.5 Å². The molecule has 0 atom stereocenters. The maximum atomic E-state index is 10.9. The van der Waals surface area contributed by atoms with Crippen molar-refractivity contribution in [3.63, 3.8) is 0 Å². The van der Waals surface area contributed by atoms with Crippen LogP contribution in [0.5, 0.6) is 0 Å². The average Bonchev–Trinajstić information content (AvgIpc) is 2.65. The van der Waals surface area contributed by atoms with Gasteiger partial charge < -0.3 is 10.9 Å². The van der Waals surface area contributed by atoms with Gasteiger partial charge in [0.05, 0.1) is 11.4 Å². The largest absolute Gasteiger partial charge is 0.301 e. The van der Waals surface area contributed by atoms with E-state index in [0.29, 0.717) is 0 Å². The van der Waals surface area contributed by atoms with Crippen LogP contribution in [0.25, 0.3) is 16.8 Å². The fraction of sp³-hybridized carbons (Fsp3) is 0. The third kappa shape index (κ3) is 3.71. The third-order valence-corrected chi connectivity index (χ3v) is 3.58. The molecule has 0 aliphatic heterocycles. The topological polar surface area (TPSA) is 73.4 Å². The van der Waals surface area contributed by atoms with Crippen LogP contribution in [0.2, 0.25) is 0 Å². The number of amides is 1. The molecule has 0 heterocycles. The number of carbonyl (C=O) groups excluding carboxylic acids is 1. The molecule has 4 N–H and O–H groups in total. The Morgan fingerprint density at radius 3 is 2.42 bits per heavy atom. The van der Waals surface area contributed by atoms with E-state index in [4.69, 9.17) is 5.21 Å². The maximum Gasteiger partial charge on any atom is 0.267 e. The van der Waals surface area contributed by atoms with Crippen molar-refractivity contribution in [3.8, 4) is 0 Å². The molecule has 0 radical (unpaired) electrons. The number of anilines is 2. The minimum Gasteiger partial charge on any atom is -0.301 e. The zero-order chi connectivity index (χ0) is 16.8. The van der Waals surface area contributed by atoms with Crippen molar-refractivity contribution < 1.29 is 10.0 Å².